The topological polar surface area (TPSA) is 122 Å². The van der Waals surface area contributed by atoms with E-state index in [9.17, 15) is 24.2 Å². The van der Waals surface area contributed by atoms with E-state index in [2.05, 4.69) is 4.98 Å². The molecule has 1 aliphatic heterocycles. The monoisotopic (exact) mass is 402 g/mol. The molecule has 154 valence electrons. The molecule has 2 aliphatic rings. The van der Waals surface area contributed by atoms with E-state index in [1.54, 1.807) is 9.47 Å². The van der Waals surface area contributed by atoms with Gasteiger partial charge >= 0.3 is 5.97 Å². The zero-order valence-electron chi connectivity index (χ0n) is 16.1. The van der Waals surface area contributed by atoms with Gasteiger partial charge in [0.05, 0.1) is 11.5 Å². The van der Waals surface area contributed by atoms with Crippen LogP contribution in [0.2, 0.25) is 0 Å². The molecule has 4 N–H and O–H groups in total. The highest BCUT2D eigenvalue weighted by atomic mass is 19.1. The van der Waals surface area contributed by atoms with E-state index < -0.39 is 28.9 Å². The van der Waals surface area contributed by atoms with Crippen LogP contribution in [0.3, 0.4) is 0 Å². The molecule has 8 nitrogen and oxygen atoms in total. The van der Waals surface area contributed by atoms with Crippen LogP contribution in [0.4, 0.5) is 10.2 Å². The van der Waals surface area contributed by atoms with Gasteiger partial charge in [0.1, 0.15) is 11.2 Å². The number of anilines is 1. The van der Waals surface area contributed by atoms with Gasteiger partial charge in [-0.05, 0) is 37.8 Å². The predicted molar refractivity (Wildman–Crippen MR) is 106 cm³/mol. The van der Waals surface area contributed by atoms with Gasteiger partial charge in [-0.3, -0.25) is 4.79 Å². The van der Waals surface area contributed by atoms with E-state index in [-0.39, 0.29) is 29.4 Å². The normalized spacial score (nSPS) is 21.5. The minimum absolute atomic E-state index is 0.0461. The SMILES string of the molecule is CC(CN)=C1CCN(c2nc3c(cc2F)c(=O)c(C(=O)O)cn3C2CC2)CC1O. The van der Waals surface area contributed by atoms with Crippen molar-refractivity contribution in [2.45, 2.75) is 38.3 Å². The van der Waals surface area contributed by atoms with Crippen LogP contribution in [0.5, 0.6) is 0 Å². The maximum Gasteiger partial charge on any atom is 0.341 e. The number of pyridine rings is 2. The van der Waals surface area contributed by atoms with E-state index >= 15 is 0 Å². The molecular weight excluding hydrogens is 379 g/mol. The summed E-state index contributed by atoms with van der Waals surface area (Å²) < 4.78 is 16.6. The van der Waals surface area contributed by atoms with Crippen molar-refractivity contribution >= 4 is 22.8 Å². The van der Waals surface area contributed by atoms with Gasteiger partial charge in [0.25, 0.3) is 0 Å². The van der Waals surface area contributed by atoms with Crippen molar-refractivity contribution in [3.05, 3.63) is 45.0 Å². The molecule has 1 saturated carbocycles. The fourth-order valence-corrected chi connectivity index (χ4v) is 3.90. The molecule has 0 aromatic carbocycles. The van der Waals surface area contributed by atoms with Gasteiger partial charge in [-0.2, -0.15) is 0 Å². The summed E-state index contributed by atoms with van der Waals surface area (Å²) in [5.74, 6) is -2.00. The lowest BCUT2D eigenvalue weighted by Crippen LogP contribution is -2.41. The third kappa shape index (κ3) is 3.40. The van der Waals surface area contributed by atoms with Crippen molar-refractivity contribution in [1.82, 2.24) is 9.55 Å². The third-order valence-corrected chi connectivity index (χ3v) is 5.71. The second-order valence-electron chi connectivity index (χ2n) is 7.70. The Morgan fingerprint density at radius 1 is 1.41 bits per heavy atom. The zero-order valence-corrected chi connectivity index (χ0v) is 16.1. The van der Waals surface area contributed by atoms with Crippen molar-refractivity contribution in [3.63, 3.8) is 0 Å². The Labute approximate surface area is 166 Å². The van der Waals surface area contributed by atoms with Crippen molar-refractivity contribution in [1.29, 1.82) is 0 Å². The lowest BCUT2D eigenvalue weighted by atomic mass is 9.96. The smallest absolute Gasteiger partial charge is 0.341 e. The number of piperidine rings is 1. The number of β-amino-alcohol motifs (C(OH)–C–C–N with tert-alkyl or cyclic N) is 1. The number of carboxylic acid groups (broad SMARTS) is 1. The molecular formula is C20H23FN4O4. The van der Waals surface area contributed by atoms with Crippen molar-refractivity contribution < 1.29 is 19.4 Å². The summed E-state index contributed by atoms with van der Waals surface area (Å²) in [7, 11) is 0. The minimum atomic E-state index is -1.34. The maximum absolute atomic E-state index is 14.9. The number of halogens is 1. The fourth-order valence-electron chi connectivity index (χ4n) is 3.90. The van der Waals surface area contributed by atoms with Crippen LogP contribution in [-0.2, 0) is 0 Å². The van der Waals surface area contributed by atoms with Crippen LogP contribution < -0.4 is 16.1 Å². The molecule has 1 unspecified atom stereocenters. The average Bonchev–Trinajstić information content (AvgIpc) is 3.52. The summed E-state index contributed by atoms with van der Waals surface area (Å²) in [5, 5.41) is 19.8. The second-order valence-corrected chi connectivity index (χ2v) is 7.70. The van der Waals surface area contributed by atoms with Crippen molar-refractivity contribution in [2.75, 3.05) is 24.5 Å². The molecule has 0 amide bonds. The first-order valence-corrected chi connectivity index (χ1v) is 9.62. The zero-order chi connectivity index (χ0) is 20.9. The highest BCUT2D eigenvalue weighted by Gasteiger charge is 2.30. The number of fused-ring (bicyclic) bond motifs is 1. The molecule has 1 atom stereocenters. The average molecular weight is 402 g/mol. The minimum Gasteiger partial charge on any atom is -0.477 e. The summed E-state index contributed by atoms with van der Waals surface area (Å²) in [6.45, 7) is 2.86. The van der Waals surface area contributed by atoms with Gasteiger partial charge in [0.15, 0.2) is 11.6 Å². The van der Waals surface area contributed by atoms with Crippen molar-refractivity contribution in [2.24, 2.45) is 5.73 Å². The number of nitrogens with zero attached hydrogens (tertiary/aromatic N) is 3. The number of carbonyl (C=O) groups is 1. The van der Waals surface area contributed by atoms with Crippen LogP contribution in [-0.4, -0.2) is 51.5 Å². The lowest BCUT2D eigenvalue weighted by Gasteiger charge is -2.34. The van der Waals surface area contributed by atoms with E-state index in [0.29, 0.717) is 19.5 Å². The van der Waals surface area contributed by atoms with Gasteiger partial charge in [-0.15, -0.1) is 0 Å². The van der Waals surface area contributed by atoms with E-state index in [4.69, 9.17) is 5.73 Å². The number of hydrogen-bond donors (Lipinski definition) is 3. The third-order valence-electron chi connectivity index (χ3n) is 5.71. The molecule has 0 spiro atoms. The van der Waals surface area contributed by atoms with Gasteiger partial charge < -0.3 is 25.4 Å². The second kappa shape index (κ2) is 7.23. The van der Waals surface area contributed by atoms with Gasteiger partial charge in [0, 0.05) is 31.9 Å². The van der Waals surface area contributed by atoms with Crippen molar-refractivity contribution in [3.8, 4) is 0 Å². The van der Waals surface area contributed by atoms with Crippen LogP contribution >= 0.6 is 0 Å². The molecule has 1 aliphatic carbocycles. The Bertz CT molecular complexity index is 1090. The van der Waals surface area contributed by atoms with E-state index in [1.165, 1.54) is 6.20 Å². The van der Waals surface area contributed by atoms with Gasteiger partial charge in [-0.1, -0.05) is 5.57 Å². The first-order chi connectivity index (χ1) is 13.8. The number of aromatic carboxylic acids is 1. The Morgan fingerprint density at radius 3 is 2.72 bits per heavy atom. The Balaban J connectivity index is 1.80. The molecule has 0 bridgehead atoms. The van der Waals surface area contributed by atoms with Crippen LogP contribution in [0, 0.1) is 5.82 Å². The molecule has 4 rings (SSSR count). The Kier molecular flexibility index (Phi) is 4.87. The lowest BCUT2D eigenvalue weighted by molar-refractivity contribution is 0.0695. The van der Waals surface area contributed by atoms with Gasteiger partial charge in [-0.25, -0.2) is 14.2 Å². The number of nitrogens with two attached hydrogens (primary N) is 1. The molecule has 2 aromatic heterocycles. The first-order valence-electron chi connectivity index (χ1n) is 9.62. The van der Waals surface area contributed by atoms with E-state index in [1.807, 2.05) is 6.92 Å². The number of hydrogen-bond acceptors (Lipinski definition) is 6. The number of rotatable bonds is 4. The van der Waals surface area contributed by atoms with Crippen LogP contribution in [0.25, 0.3) is 11.0 Å². The number of aliphatic hydroxyl groups excluding tert-OH is 1. The summed E-state index contributed by atoms with van der Waals surface area (Å²) in [4.78, 5) is 30.0. The summed E-state index contributed by atoms with van der Waals surface area (Å²) in [6.07, 6.45) is 2.76. The summed E-state index contributed by atoms with van der Waals surface area (Å²) >= 11 is 0. The molecule has 2 aromatic rings. The van der Waals surface area contributed by atoms with Gasteiger partial charge in [0.2, 0.25) is 5.43 Å². The molecule has 1 saturated heterocycles. The Morgan fingerprint density at radius 2 is 2.14 bits per heavy atom. The first kappa shape index (κ1) is 19.5. The Hall–Kier alpha value is -2.78. The van der Waals surface area contributed by atoms with Crippen LogP contribution in [0.15, 0.2) is 28.2 Å². The van der Waals surface area contributed by atoms with Crippen LogP contribution in [0.1, 0.15) is 42.6 Å². The highest BCUT2D eigenvalue weighted by molar-refractivity contribution is 5.92. The maximum atomic E-state index is 14.9. The molecule has 29 heavy (non-hydrogen) atoms. The molecule has 9 heteroatoms. The number of carboxylic acids is 1. The number of aromatic nitrogens is 2. The standard InChI is InChI=1S/C20H23FN4O4/c1-10(7-22)12-4-5-24(9-16(12)26)19-15(21)6-13-17(27)14(20(28)29)8-25(11-2-3-11)18(13)23-19/h6,8,11,16,26H,2-5,7,9,22H2,1H3,(H,28,29). The highest BCUT2D eigenvalue weighted by Crippen LogP contribution is 2.37. The molecule has 3 heterocycles. The predicted octanol–water partition coefficient (Wildman–Crippen LogP) is 1.41. The van der Waals surface area contributed by atoms with E-state index in [0.717, 1.165) is 30.1 Å². The summed E-state index contributed by atoms with van der Waals surface area (Å²) in [6, 6.07) is 1.12. The largest absolute Gasteiger partial charge is 0.477 e. The fraction of sp³-hybridized carbons (Fsp3) is 0.450. The molecule has 0 radical (unpaired) electrons. The molecule has 2 fully saturated rings. The quantitative estimate of drug-likeness (QED) is 0.661. The number of aliphatic hydroxyl groups is 1. The summed E-state index contributed by atoms with van der Waals surface area (Å²) in [5.41, 5.74) is 6.59.